The van der Waals surface area contributed by atoms with E-state index in [1.807, 2.05) is 24.3 Å². The van der Waals surface area contributed by atoms with Crippen LogP contribution in [0.25, 0.3) is 0 Å². The number of nitrogens with zero attached hydrogens (tertiary/aromatic N) is 1. The van der Waals surface area contributed by atoms with E-state index in [4.69, 9.17) is 23.2 Å². The Morgan fingerprint density at radius 1 is 1.25 bits per heavy atom. The highest BCUT2D eigenvalue weighted by Gasteiger charge is 2.25. The largest absolute Gasteiger partial charge is 0.382 e. The van der Waals surface area contributed by atoms with E-state index in [2.05, 4.69) is 10.6 Å². The molecule has 2 aromatic rings. The Balaban J connectivity index is 1.82. The van der Waals surface area contributed by atoms with Crippen LogP contribution < -0.4 is 10.6 Å². The third-order valence-corrected chi connectivity index (χ3v) is 4.47. The minimum Gasteiger partial charge on any atom is -0.382 e. The molecule has 1 heterocycles. The smallest absolute Gasteiger partial charge is 0.272 e. The maximum atomic E-state index is 11.8. The van der Waals surface area contributed by atoms with Crippen LogP contribution in [0.15, 0.2) is 36.4 Å². The lowest BCUT2D eigenvalue weighted by molar-refractivity contribution is -0.384. The second-order valence-corrected chi connectivity index (χ2v) is 6.27. The van der Waals surface area contributed by atoms with Crippen LogP contribution in [0.1, 0.15) is 17.9 Å². The zero-order valence-electron chi connectivity index (χ0n) is 12.4. The lowest BCUT2D eigenvalue weighted by Gasteiger charge is -2.26. The molecule has 1 aliphatic rings. The van der Waals surface area contributed by atoms with Gasteiger partial charge in [0, 0.05) is 36.7 Å². The fraction of sp³-hybridized carbons (Fsp3) is 0.188. The number of carbonyl (C=O) groups excluding carboxylic acids is 1. The monoisotopic (exact) mass is 365 g/mol. The van der Waals surface area contributed by atoms with Gasteiger partial charge in [-0.1, -0.05) is 41.4 Å². The van der Waals surface area contributed by atoms with E-state index in [0.717, 1.165) is 11.3 Å². The molecule has 0 aromatic heterocycles. The normalized spacial score (nSPS) is 16.2. The number of fused-ring (bicyclic) bond motifs is 1. The van der Waals surface area contributed by atoms with Crippen LogP contribution in [-0.2, 0) is 4.79 Å². The van der Waals surface area contributed by atoms with E-state index in [1.54, 1.807) is 0 Å². The van der Waals surface area contributed by atoms with Gasteiger partial charge < -0.3 is 10.6 Å². The maximum absolute atomic E-state index is 11.8. The number of amides is 1. The molecule has 1 amide bonds. The van der Waals surface area contributed by atoms with Crippen LogP contribution in [0.2, 0.25) is 10.0 Å². The average molecular weight is 366 g/mol. The minimum absolute atomic E-state index is 0.0442. The van der Waals surface area contributed by atoms with E-state index < -0.39 is 4.92 Å². The van der Waals surface area contributed by atoms with Gasteiger partial charge in [-0.05, 0) is 11.6 Å². The molecular formula is C16H13Cl2N3O3. The molecule has 2 N–H and O–H groups in total. The van der Waals surface area contributed by atoms with Crippen LogP contribution >= 0.6 is 23.2 Å². The molecule has 0 spiro atoms. The van der Waals surface area contributed by atoms with Gasteiger partial charge in [0.1, 0.15) is 0 Å². The van der Waals surface area contributed by atoms with Crippen molar-refractivity contribution in [3.63, 3.8) is 0 Å². The standard InChI is InChI=1S/C16H13Cl2N3O3/c17-12-6-10(21(23)24)7-13(18)16(12)19-8-9-5-15(22)20-14-4-2-1-3-11(9)14/h1-4,6-7,9,19H,5,8H2,(H,20,22). The zero-order chi connectivity index (χ0) is 17.3. The number of para-hydroxylation sites is 1. The number of benzene rings is 2. The van der Waals surface area contributed by atoms with Crippen molar-refractivity contribution in [3.8, 4) is 0 Å². The maximum Gasteiger partial charge on any atom is 0.272 e. The summed E-state index contributed by atoms with van der Waals surface area (Å²) in [4.78, 5) is 22.1. The number of rotatable bonds is 4. The molecule has 0 saturated heterocycles. The third kappa shape index (κ3) is 3.29. The van der Waals surface area contributed by atoms with Crippen molar-refractivity contribution in [2.75, 3.05) is 17.2 Å². The highest BCUT2D eigenvalue weighted by molar-refractivity contribution is 6.39. The second-order valence-electron chi connectivity index (χ2n) is 5.46. The van der Waals surface area contributed by atoms with Crippen molar-refractivity contribution < 1.29 is 9.72 Å². The van der Waals surface area contributed by atoms with Gasteiger partial charge in [0.05, 0.1) is 20.7 Å². The number of nitro benzene ring substituents is 1. The quantitative estimate of drug-likeness (QED) is 0.619. The number of nitro groups is 1. The van der Waals surface area contributed by atoms with Crippen molar-refractivity contribution in [1.82, 2.24) is 0 Å². The Morgan fingerprint density at radius 2 is 1.92 bits per heavy atom. The molecule has 0 fully saturated rings. The minimum atomic E-state index is -0.552. The number of nitrogens with one attached hydrogen (secondary N) is 2. The number of hydrogen-bond donors (Lipinski definition) is 2. The van der Waals surface area contributed by atoms with E-state index in [0.29, 0.717) is 18.7 Å². The van der Waals surface area contributed by atoms with Crippen LogP contribution in [-0.4, -0.2) is 17.4 Å². The molecule has 6 nitrogen and oxygen atoms in total. The number of halogens is 2. The Kier molecular flexibility index (Phi) is 4.59. The summed E-state index contributed by atoms with van der Waals surface area (Å²) in [5.41, 5.74) is 2.07. The first-order valence-corrected chi connectivity index (χ1v) is 7.97. The van der Waals surface area contributed by atoms with E-state index in [9.17, 15) is 14.9 Å². The molecule has 1 unspecified atom stereocenters. The Labute approximate surface area is 147 Å². The second kappa shape index (κ2) is 6.67. The summed E-state index contributed by atoms with van der Waals surface area (Å²) >= 11 is 12.2. The summed E-state index contributed by atoms with van der Waals surface area (Å²) in [6.07, 6.45) is 0.340. The molecule has 1 aliphatic heterocycles. The molecule has 24 heavy (non-hydrogen) atoms. The van der Waals surface area contributed by atoms with Crippen molar-refractivity contribution in [2.24, 2.45) is 0 Å². The first-order chi connectivity index (χ1) is 11.5. The van der Waals surface area contributed by atoms with Crippen molar-refractivity contribution >= 4 is 46.2 Å². The molecule has 124 valence electrons. The average Bonchev–Trinajstić information content (AvgIpc) is 2.53. The Morgan fingerprint density at radius 3 is 2.58 bits per heavy atom. The van der Waals surface area contributed by atoms with Gasteiger partial charge >= 0.3 is 0 Å². The fourth-order valence-electron chi connectivity index (χ4n) is 2.74. The molecule has 3 rings (SSSR count). The summed E-state index contributed by atoms with van der Waals surface area (Å²) in [5, 5.41) is 17.1. The third-order valence-electron chi connectivity index (χ3n) is 3.87. The predicted molar refractivity (Wildman–Crippen MR) is 94.0 cm³/mol. The predicted octanol–water partition coefficient (Wildman–Crippen LogP) is 4.44. The first kappa shape index (κ1) is 16.5. The van der Waals surface area contributed by atoms with Crippen LogP contribution in [0, 0.1) is 10.1 Å². The van der Waals surface area contributed by atoms with Gasteiger partial charge in [-0.15, -0.1) is 0 Å². The Bertz CT molecular complexity index is 803. The summed E-state index contributed by atoms with van der Waals surface area (Å²) in [5.74, 6) is -0.0985. The lowest BCUT2D eigenvalue weighted by Crippen LogP contribution is -2.26. The molecule has 0 radical (unpaired) electrons. The highest BCUT2D eigenvalue weighted by atomic mass is 35.5. The number of carbonyl (C=O) groups is 1. The van der Waals surface area contributed by atoms with Gasteiger partial charge in [-0.25, -0.2) is 0 Å². The van der Waals surface area contributed by atoms with Gasteiger partial charge in [0.2, 0.25) is 5.91 Å². The van der Waals surface area contributed by atoms with E-state index in [-0.39, 0.29) is 27.6 Å². The van der Waals surface area contributed by atoms with E-state index >= 15 is 0 Å². The summed E-state index contributed by atoms with van der Waals surface area (Å²) in [6, 6.07) is 10.1. The Hall–Kier alpha value is -2.31. The summed E-state index contributed by atoms with van der Waals surface area (Å²) in [7, 11) is 0. The zero-order valence-corrected chi connectivity index (χ0v) is 13.9. The van der Waals surface area contributed by atoms with Gasteiger partial charge in [-0.3, -0.25) is 14.9 Å². The molecule has 8 heteroatoms. The SMILES string of the molecule is O=C1CC(CNc2c(Cl)cc([N+](=O)[O-])cc2Cl)c2ccccc2N1. The fourth-order valence-corrected chi connectivity index (χ4v) is 3.35. The lowest BCUT2D eigenvalue weighted by atomic mass is 9.90. The summed E-state index contributed by atoms with van der Waals surface area (Å²) < 4.78 is 0. The summed E-state index contributed by atoms with van der Waals surface area (Å²) in [6.45, 7) is 0.432. The van der Waals surface area contributed by atoms with Crippen molar-refractivity contribution in [3.05, 3.63) is 62.1 Å². The molecule has 0 aliphatic carbocycles. The van der Waals surface area contributed by atoms with Crippen molar-refractivity contribution in [2.45, 2.75) is 12.3 Å². The molecule has 0 saturated carbocycles. The van der Waals surface area contributed by atoms with Crippen LogP contribution in [0.3, 0.4) is 0 Å². The number of anilines is 2. The van der Waals surface area contributed by atoms with Crippen molar-refractivity contribution in [1.29, 1.82) is 0 Å². The highest BCUT2D eigenvalue weighted by Crippen LogP contribution is 2.37. The molecule has 1 atom stereocenters. The van der Waals surface area contributed by atoms with Gasteiger partial charge in [0.15, 0.2) is 0 Å². The molecule has 0 bridgehead atoms. The number of hydrogen-bond acceptors (Lipinski definition) is 4. The van der Waals surface area contributed by atoms with Crippen LogP contribution in [0.4, 0.5) is 17.1 Å². The topological polar surface area (TPSA) is 84.3 Å². The number of non-ortho nitro benzene ring substituents is 1. The van der Waals surface area contributed by atoms with Gasteiger partial charge in [0.25, 0.3) is 5.69 Å². The molecule has 2 aromatic carbocycles. The van der Waals surface area contributed by atoms with E-state index in [1.165, 1.54) is 12.1 Å². The van der Waals surface area contributed by atoms with Crippen LogP contribution in [0.5, 0.6) is 0 Å². The van der Waals surface area contributed by atoms with Gasteiger partial charge in [-0.2, -0.15) is 0 Å². The molecular weight excluding hydrogens is 353 g/mol. The first-order valence-electron chi connectivity index (χ1n) is 7.22.